The van der Waals surface area contributed by atoms with E-state index in [9.17, 15) is 8.42 Å². The molecule has 0 aliphatic rings. The summed E-state index contributed by atoms with van der Waals surface area (Å²) in [5.41, 5.74) is 6.60. The SMILES string of the molecule is CC(C)CCN=C(N)NCCS(=O)(=O)NCc1ccccc1. The van der Waals surface area contributed by atoms with Crippen LogP contribution in [0.4, 0.5) is 0 Å². The zero-order chi connectivity index (χ0) is 16.4. The van der Waals surface area contributed by atoms with Gasteiger partial charge in [0.2, 0.25) is 10.0 Å². The minimum atomic E-state index is -3.33. The van der Waals surface area contributed by atoms with Gasteiger partial charge < -0.3 is 11.1 Å². The van der Waals surface area contributed by atoms with Crippen LogP contribution in [0.15, 0.2) is 35.3 Å². The highest BCUT2D eigenvalue weighted by molar-refractivity contribution is 7.89. The van der Waals surface area contributed by atoms with E-state index < -0.39 is 10.0 Å². The van der Waals surface area contributed by atoms with Gasteiger partial charge in [-0.25, -0.2) is 13.1 Å². The standard InChI is InChI=1S/C15H26N4O2S/c1-13(2)8-9-17-15(16)18-10-11-22(20,21)19-12-14-6-4-3-5-7-14/h3-7,13,19H,8-12H2,1-2H3,(H3,16,17,18). The molecule has 1 aromatic rings. The average molecular weight is 326 g/mol. The van der Waals surface area contributed by atoms with Gasteiger partial charge in [0.05, 0.1) is 5.75 Å². The third-order valence-corrected chi connectivity index (χ3v) is 4.33. The van der Waals surface area contributed by atoms with Crippen molar-refractivity contribution in [1.82, 2.24) is 10.0 Å². The van der Waals surface area contributed by atoms with E-state index in [2.05, 4.69) is 28.9 Å². The molecule has 0 aliphatic carbocycles. The normalized spacial score (nSPS) is 12.6. The fourth-order valence-corrected chi connectivity index (χ4v) is 2.58. The van der Waals surface area contributed by atoms with Crippen molar-refractivity contribution in [3.05, 3.63) is 35.9 Å². The fraction of sp³-hybridized carbons (Fsp3) is 0.533. The lowest BCUT2D eigenvalue weighted by atomic mass is 10.1. The highest BCUT2D eigenvalue weighted by atomic mass is 32.2. The van der Waals surface area contributed by atoms with Crippen LogP contribution in [0.1, 0.15) is 25.8 Å². The molecule has 0 aliphatic heterocycles. The van der Waals surface area contributed by atoms with Crippen LogP contribution in [0, 0.1) is 5.92 Å². The molecule has 0 atom stereocenters. The Morgan fingerprint density at radius 2 is 1.95 bits per heavy atom. The van der Waals surface area contributed by atoms with Crippen LogP contribution >= 0.6 is 0 Å². The molecule has 0 unspecified atom stereocenters. The molecule has 0 fully saturated rings. The van der Waals surface area contributed by atoms with Crippen LogP contribution < -0.4 is 15.8 Å². The fourth-order valence-electron chi connectivity index (χ4n) is 1.67. The maximum atomic E-state index is 11.9. The van der Waals surface area contributed by atoms with Crippen molar-refractivity contribution in [3.8, 4) is 0 Å². The minimum absolute atomic E-state index is 0.0414. The number of hydrogen-bond acceptors (Lipinski definition) is 3. The van der Waals surface area contributed by atoms with E-state index in [1.54, 1.807) is 0 Å². The summed E-state index contributed by atoms with van der Waals surface area (Å²) in [6.45, 7) is 5.41. The Hall–Kier alpha value is -1.60. The predicted molar refractivity (Wildman–Crippen MR) is 91.0 cm³/mol. The Labute approximate surface area is 133 Å². The van der Waals surface area contributed by atoms with Crippen molar-refractivity contribution in [2.24, 2.45) is 16.6 Å². The second-order valence-electron chi connectivity index (χ2n) is 5.50. The quantitative estimate of drug-likeness (QED) is 0.467. The van der Waals surface area contributed by atoms with E-state index >= 15 is 0 Å². The van der Waals surface area contributed by atoms with E-state index in [-0.39, 0.29) is 12.3 Å². The summed E-state index contributed by atoms with van der Waals surface area (Å²) < 4.78 is 26.3. The maximum absolute atomic E-state index is 11.9. The van der Waals surface area contributed by atoms with Crippen LogP contribution in [0.25, 0.3) is 0 Å². The topological polar surface area (TPSA) is 96.6 Å². The maximum Gasteiger partial charge on any atom is 0.213 e. The Morgan fingerprint density at radius 3 is 2.59 bits per heavy atom. The first-order valence-electron chi connectivity index (χ1n) is 7.44. The molecule has 0 heterocycles. The van der Waals surface area contributed by atoms with Crippen molar-refractivity contribution in [2.45, 2.75) is 26.8 Å². The van der Waals surface area contributed by atoms with Crippen molar-refractivity contribution < 1.29 is 8.42 Å². The first kappa shape index (κ1) is 18.4. The smallest absolute Gasteiger partial charge is 0.213 e. The first-order valence-corrected chi connectivity index (χ1v) is 9.09. The van der Waals surface area contributed by atoms with Gasteiger partial charge in [-0.05, 0) is 17.9 Å². The Morgan fingerprint density at radius 1 is 1.27 bits per heavy atom. The molecular weight excluding hydrogens is 300 g/mol. The molecule has 1 aromatic carbocycles. The van der Waals surface area contributed by atoms with Crippen LogP contribution in [0.3, 0.4) is 0 Å². The van der Waals surface area contributed by atoms with Gasteiger partial charge in [-0.2, -0.15) is 0 Å². The average Bonchev–Trinajstić information content (AvgIpc) is 2.46. The van der Waals surface area contributed by atoms with Crippen LogP contribution in [0.5, 0.6) is 0 Å². The van der Waals surface area contributed by atoms with Crippen LogP contribution in [-0.4, -0.2) is 33.2 Å². The number of guanidine groups is 1. The van der Waals surface area contributed by atoms with Gasteiger partial charge in [-0.1, -0.05) is 44.2 Å². The zero-order valence-electron chi connectivity index (χ0n) is 13.2. The van der Waals surface area contributed by atoms with E-state index in [1.807, 2.05) is 30.3 Å². The van der Waals surface area contributed by atoms with Crippen LogP contribution in [-0.2, 0) is 16.6 Å². The Balaban J connectivity index is 2.27. The van der Waals surface area contributed by atoms with Gasteiger partial charge in [-0.15, -0.1) is 0 Å². The number of rotatable bonds is 9. The molecular formula is C15H26N4O2S. The van der Waals surface area contributed by atoms with E-state index in [4.69, 9.17) is 5.73 Å². The zero-order valence-corrected chi connectivity index (χ0v) is 14.1. The number of benzene rings is 1. The number of sulfonamides is 1. The molecule has 0 bridgehead atoms. The summed E-state index contributed by atoms with van der Waals surface area (Å²) >= 11 is 0. The highest BCUT2D eigenvalue weighted by Crippen LogP contribution is 1.99. The number of aliphatic imine (C=N–C) groups is 1. The Kier molecular flexibility index (Phi) is 7.90. The summed E-state index contributed by atoms with van der Waals surface area (Å²) in [6.07, 6.45) is 0.958. The molecule has 0 amide bonds. The monoisotopic (exact) mass is 326 g/mol. The van der Waals surface area contributed by atoms with Crippen molar-refractivity contribution >= 4 is 16.0 Å². The van der Waals surface area contributed by atoms with Crippen molar-refractivity contribution in [2.75, 3.05) is 18.8 Å². The predicted octanol–water partition coefficient (Wildman–Crippen LogP) is 1.06. The molecule has 4 N–H and O–H groups in total. The van der Waals surface area contributed by atoms with E-state index in [0.717, 1.165) is 12.0 Å². The molecule has 0 spiro atoms. The molecule has 0 saturated carbocycles. The third kappa shape index (κ3) is 8.63. The summed E-state index contributed by atoms with van der Waals surface area (Å²) in [7, 11) is -3.33. The minimum Gasteiger partial charge on any atom is -0.370 e. The molecule has 6 nitrogen and oxygen atoms in total. The van der Waals surface area contributed by atoms with Crippen molar-refractivity contribution in [1.29, 1.82) is 0 Å². The van der Waals surface area contributed by atoms with Gasteiger partial charge in [0, 0.05) is 19.6 Å². The lowest BCUT2D eigenvalue weighted by Gasteiger charge is -2.09. The molecule has 1 rings (SSSR count). The second-order valence-corrected chi connectivity index (χ2v) is 7.43. The summed E-state index contributed by atoms with van der Waals surface area (Å²) in [6, 6.07) is 9.39. The van der Waals surface area contributed by atoms with Gasteiger partial charge in [-0.3, -0.25) is 4.99 Å². The summed E-state index contributed by atoms with van der Waals surface area (Å²) in [4.78, 5) is 4.15. The number of nitrogens with two attached hydrogens (primary N) is 1. The van der Waals surface area contributed by atoms with Gasteiger partial charge in [0.25, 0.3) is 0 Å². The Bertz CT molecular complexity index is 556. The molecule has 0 aromatic heterocycles. The lowest BCUT2D eigenvalue weighted by molar-refractivity contribution is 0.580. The van der Waals surface area contributed by atoms with Gasteiger partial charge >= 0.3 is 0 Å². The first-order chi connectivity index (χ1) is 10.4. The molecule has 0 radical (unpaired) electrons. The third-order valence-electron chi connectivity index (χ3n) is 3.00. The number of nitrogens with zero attached hydrogens (tertiary/aromatic N) is 1. The van der Waals surface area contributed by atoms with E-state index in [1.165, 1.54) is 0 Å². The van der Waals surface area contributed by atoms with Gasteiger partial charge in [0.15, 0.2) is 5.96 Å². The summed E-state index contributed by atoms with van der Waals surface area (Å²) in [5, 5.41) is 2.82. The molecule has 7 heteroatoms. The van der Waals surface area contributed by atoms with Crippen LogP contribution in [0.2, 0.25) is 0 Å². The highest BCUT2D eigenvalue weighted by Gasteiger charge is 2.09. The van der Waals surface area contributed by atoms with E-state index in [0.29, 0.717) is 25.0 Å². The molecule has 124 valence electrons. The number of nitrogens with one attached hydrogen (secondary N) is 2. The largest absolute Gasteiger partial charge is 0.370 e. The molecule has 22 heavy (non-hydrogen) atoms. The molecule has 0 saturated heterocycles. The number of hydrogen-bond donors (Lipinski definition) is 3. The second kappa shape index (κ2) is 9.42. The summed E-state index contributed by atoms with van der Waals surface area (Å²) in [5.74, 6) is 0.818. The van der Waals surface area contributed by atoms with Gasteiger partial charge in [0.1, 0.15) is 0 Å². The lowest BCUT2D eigenvalue weighted by Crippen LogP contribution is -2.38. The van der Waals surface area contributed by atoms with Crippen molar-refractivity contribution in [3.63, 3.8) is 0 Å².